The number of benzene rings is 3. The van der Waals surface area contributed by atoms with E-state index in [1.54, 1.807) is 36.4 Å². The average Bonchev–Trinajstić information content (AvgIpc) is 2.93. The number of nitro benzene ring substituents is 1. The van der Waals surface area contributed by atoms with E-state index in [9.17, 15) is 19.3 Å². The summed E-state index contributed by atoms with van der Waals surface area (Å²) in [6, 6.07) is 14.3. The van der Waals surface area contributed by atoms with Crippen molar-refractivity contribution in [3.8, 4) is 5.75 Å². The Morgan fingerprint density at radius 2 is 1.87 bits per heavy atom. The molecule has 0 atom stereocenters. The normalized spacial score (nSPS) is 14.2. The van der Waals surface area contributed by atoms with Crippen LogP contribution in [0.5, 0.6) is 5.75 Å². The fourth-order valence-corrected chi connectivity index (χ4v) is 5.60. The van der Waals surface area contributed by atoms with E-state index in [0.29, 0.717) is 21.2 Å². The lowest BCUT2D eigenvalue weighted by Gasteiger charge is -2.22. The number of nitro groups is 1. The molecule has 0 aliphatic heterocycles. The van der Waals surface area contributed by atoms with Crippen molar-refractivity contribution in [2.24, 2.45) is 5.10 Å². The van der Waals surface area contributed by atoms with Crippen LogP contribution in [0.4, 0.5) is 10.1 Å². The number of hydrogen-bond acceptors (Lipinski definition) is 6. The Kier molecular flexibility index (Phi) is 8.18. The molecule has 0 bridgehead atoms. The van der Waals surface area contributed by atoms with Crippen molar-refractivity contribution in [1.82, 2.24) is 9.66 Å². The maximum absolute atomic E-state index is 14.2. The van der Waals surface area contributed by atoms with E-state index in [0.717, 1.165) is 36.6 Å². The number of aromatic nitrogens is 2. The van der Waals surface area contributed by atoms with Crippen molar-refractivity contribution >= 4 is 54.7 Å². The van der Waals surface area contributed by atoms with Crippen LogP contribution in [-0.2, 0) is 6.61 Å². The van der Waals surface area contributed by atoms with Gasteiger partial charge in [0.15, 0.2) is 0 Å². The molecule has 1 fully saturated rings. The summed E-state index contributed by atoms with van der Waals surface area (Å²) in [6.45, 7) is -0.227. The Hall–Kier alpha value is -3.44. The van der Waals surface area contributed by atoms with E-state index < -0.39 is 10.7 Å². The molecule has 1 saturated carbocycles. The molecule has 1 aliphatic carbocycles. The molecule has 8 nitrogen and oxygen atoms in total. The van der Waals surface area contributed by atoms with Crippen molar-refractivity contribution in [2.45, 2.75) is 44.6 Å². The zero-order valence-electron chi connectivity index (χ0n) is 20.6. The molecule has 0 saturated heterocycles. The lowest BCUT2D eigenvalue weighted by molar-refractivity contribution is -0.386. The zero-order chi connectivity index (χ0) is 27.5. The standard InChI is InChI=1S/C28H23Br2FN4O4/c29-20-10-11-24-22(13-20)28(36)34(27(33-24)17-6-2-1-3-7-17)32-15-19-12-21(30)14-25(35(37)38)26(19)39-16-18-8-4-5-9-23(18)31/h4-5,8-15,17H,1-3,6-7,16H2. The number of halogens is 3. The van der Waals surface area contributed by atoms with Crippen LogP contribution in [0.3, 0.4) is 0 Å². The summed E-state index contributed by atoms with van der Waals surface area (Å²) in [7, 11) is 0. The summed E-state index contributed by atoms with van der Waals surface area (Å²) in [6.07, 6.45) is 6.35. The first-order valence-corrected chi connectivity index (χ1v) is 14.0. The molecular weight excluding hydrogens is 635 g/mol. The number of hydrogen-bond donors (Lipinski definition) is 0. The van der Waals surface area contributed by atoms with Gasteiger partial charge in [0.25, 0.3) is 5.56 Å². The minimum atomic E-state index is -0.576. The predicted octanol–water partition coefficient (Wildman–Crippen LogP) is 7.48. The summed E-state index contributed by atoms with van der Waals surface area (Å²) >= 11 is 6.73. The van der Waals surface area contributed by atoms with E-state index in [1.165, 1.54) is 23.0 Å². The topological polar surface area (TPSA) is 99.6 Å². The molecule has 3 aromatic carbocycles. The molecule has 0 spiro atoms. The molecular formula is C28H23Br2FN4O4. The van der Waals surface area contributed by atoms with E-state index in [4.69, 9.17) is 9.72 Å². The molecule has 11 heteroatoms. The lowest BCUT2D eigenvalue weighted by Crippen LogP contribution is -2.25. The summed E-state index contributed by atoms with van der Waals surface area (Å²) in [4.78, 5) is 29.8. The van der Waals surface area contributed by atoms with Gasteiger partial charge in [0.1, 0.15) is 18.2 Å². The Morgan fingerprint density at radius 3 is 2.62 bits per heavy atom. The van der Waals surface area contributed by atoms with Crippen molar-refractivity contribution in [1.29, 1.82) is 0 Å². The molecule has 4 aromatic rings. The third-order valence-corrected chi connectivity index (χ3v) is 7.66. The third-order valence-electron chi connectivity index (χ3n) is 6.71. The van der Waals surface area contributed by atoms with Gasteiger partial charge in [-0.15, -0.1) is 0 Å². The van der Waals surface area contributed by atoms with Crippen molar-refractivity contribution in [3.05, 3.63) is 107 Å². The highest BCUT2D eigenvalue weighted by Crippen LogP contribution is 2.35. The minimum Gasteiger partial charge on any atom is -0.481 e. The predicted molar refractivity (Wildman–Crippen MR) is 154 cm³/mol. The molecule has 0 N–H and O–H groups in total. The molecule has 1 aliphatic rings. The van der Waals surface area contributed by atoms with Crippen LogP contribution >= 0.6 is 31.9 Å². The maximum atomic E-state index is 14.2. The van der Waals surface area contributed by atoms with Crippen LogP contribution in [0.15, 0.2) is 73.4 Å². The number of nitrogens with zero attached hydrogens (tertiary/aromatic N) is 4. The van der Waals surface area contributed by atoms with Crippen LogP contribution in [-0.4, -0.2) is 20.8 Å². The summed E-state index contributed by atoms with van der Waals surface area (Å²) in [5.74, 6) is 0.0536. The number of fused-ring (bicyclic) bond motifs is 1. The Bertz CT molecular complexity index is 1650. The maximum Gasteiger partial charge on any atom is 0.312 e. The second-order valence-electron chi connectivity index (χ2n) is 9.31. The first kappa shape index (κ1) is 27.1. The van der Waals surface area contributed by atoms with Gasteiger partial charge < -0.3 is 4.74 Å². The van der Waals surface area contributed by atoms with Crippen molar-refractivity contribution in [2.75, 3.05) is 0 Å². The van der Waals surface area contributed by atoms with Gasteiger partial charge >= 0.3 is 5.69 Å². The summed E-state index contributed by atoms with van der Waals surface area (Å²) < 4.78 is 22.5. The van der Waals surface area contributed by atoms with Gasteiger partial charge in [0, 0.05) is 32.1 Å². The Morgan fingerprint density at radius 1 is 1.10 bits per heavy atom. The number of rotatable bonds is 7. The molecule has 1 aromatic heterocycles. The molecule has 200 valence electrons. The molecule has 39 heavy (non-hydrogen) atoms. The first-order chi connectivity index (χ1) is 18.8. The quantitative estimate of drug-likeness (QED) is 0.117. The monoisotopic (exact) mass is 656 g/mol. The highest BCUT2D eigenvalue weighted by atomic mass is 79.9. The smallest absolute Gasteiger partial charge is 0.312 e. The molecule has 1 heterocycles. The highest BCUT2D eigenvalue weighted by Gasteiger charge is 2.24. The van der Waals surface area contributed by atoms with Gasteiger partial charge in [0.05, 0.1) is 22.0 Å². The van der Waals surface area contributed by atoms with E-state index in [1.807, 2.05) is 6.07 Å². The minimum absolute atomic E-state index is 0.0604. The van der Waals surface area contributed by atoms with Crippen LogP contribution < -0.4 is 10.3 Å². The summed E-state index contributed by atoms with van der Waals surface area (Å²) in [5, 5.41) is 16.8. The van der Waals surface area contributed by atoms with Crippen molar-refractivity contribution in [3.63, 3.8) is 0 Å². The number of ether oxygens (including phenoxy) is 1. The average molecular weight is 658 g/mol. The first-order valence-electron chi connectivity index (χ1n) is 12.4. The zero-order valence-corrected chi connectivity index (χ0v) is 23.8. The van der Waals surface area contributed by atoms with E-state index >= 15 is 0 Å². The third kappa shape index (κ3) is 5.94. The van der Waals surface area contributed by atoms with Gasteiger partial charge in [-0.05, 0) is 43.2 Å². The van der Waals surface area contributed by atoms with Gasteiger partial charge in [-0.2, -0.15) is 9.78 Å². The van der Waals surface area contributed by atoms with Gasteiger partial charge in [-0.1, -0.05) is 69.3 Å². The SMILES string of the molecule is O=c1c2cc(Br)ccc2nc(C2CCCCC2)n1N=Cc1cc(Br)cc([N+](=O)[O-])c1OCc1ccccc1F. The summed E-state index contributed by atoms with van der Waals surface area (Å²) in [5.41, 5.74) is 0.433. The highest BCUT2D eigenvalue weighted by molar-refractivity contribution is 9.10. The largest absolute Gasteiger partial charge is 0.481 e. The van der Waals surface area contributed by atoms with Crippen LogP contribution in [0.25, 0.3) is 10.9 Å². The van der Waals surface area contributed by atoms with Gasteiger partial charge in [0.2, 0.25) is 5.75 Å². The molecule has 0 radical (unpaired) electrons. The van der Waals surface area contributed by atoms with Crippen LogP contribution in [0.2, 0.25) is 0 Å². The second kappa shape index (κ2) is 11.7. The van der Waals surface area contributed by atoms with Gasteiger partial charge in [-0.3, -0.25) is 14.9 Å². The Labute approximate surface area is 239 Å². The Balaban J connectivity index is 1.62. The van der Waals surface area contributed by atoms with E-state index in [2.05, 4.69) is 37.0 Å². The lowest BCUT2D eigenvalue weighted by atomic mass is 9.88. The van der Waals surface area contributed by atoms with Crippen LogP contribution in [0, 0.1) is 15.9 Å². The van der Waals surface area contributed by atoms with Gasteiger partial charge in [-0.25, -0.2) is 9.37 Å². The van der Waals surface area contributed by atoms with Crippen LogP contribution in [0.1, 0.15) is 55.0 Å². The molecule has 5 rings (SSSR count). The molecule has 0 unspecified atom stereocenters. The fourth-order valence-electron chi connectivity index (χ4n) is 4.78. The molecule has 0 amide bonds. The second-order valence-corrected chi connectivity index (χ2v) is 11.1. The van der Waals surface area contributed by atoms with E-state index in [-0.39, 0.29) is 40.6 Å². The fraction of sp³-hybridized carbons (Fsp3) is 0.250. The van der Waals surface area contributed by atoms with Crippen molar-refractivity contribution < 1.29 is 14.1 Å².